The van der Waals surface area contributed by atoms with Gasteiger partial charge >= 0.3 is 50.5 Å². The Kier molecular flexibility index (Phi) is 43.0. The Hall–Kier alpha value is -0.300. The normalized spacial score (nSPS) is 10.6. The molecule has 0 fully saturated rings. The van der Waals surface area contributed by atoms with Crippen LogP contribution < -0.4 is 39.4 Å². The van der Waals surface area contributed by atoms with Gasteiger partial charge < -0.3 is 26.2 Å². The van der Waals surface area contributed by atoms with Gasteiger partial charge in [-0.1, -0.05) is 105 Å². The zero-order valence-electron chi connectivity index (χ0n) is 36.2. The maximum atomic E-state index is 14.7. The van der Waals surface area contributed by atoms with Gasteiger partial charge in [0.15, 0.2) is 0 Å². The van der Waals surface area contributed by atoms with Gasteiger partial charge in [0.05, 0.1) is 17.8 Å². The fraction of sp³-hybridized carbons (Fsp3) is 0.614. The molecule has 2 aromatic rings. The number of benzene rings is 2. The third-order valence-corrected chi connectivity index (χ3v) is 9.02. The molecule has 0 saturated carbocycles. The topological polar surface area (TPSA) is 108 Å². The Balaban J connectivity index is 0. The third-order valence-electron chi connectivity index (χ3n) is 9.02. The number of anilines is 4. The van der Waals surface area contributed by atoms with Crippen LogP contribution in [0.1, 0.15) is 151 Å². The molecule has 0 aliphatic carbocycles. The molecule has 0 saturated heterocycles. The first kappa shape index (κ1) is 60.8. The molecule has 0 heterocycles. The van der Waals surface area contributed by atoms with Crippen molar-refractivity contribution >= 4 is 115 Å². The zero-order valence-corrected chi connectivity index (χ0v) is 47.0. The molecule has 2 aromatic carbocycles. The van der Waals surface area contributed by atoms with Gasteiger partial charge in [0, 0.05) is 86.6 Å². The number of hydrogen-bond donors (Lipinski definition) is 3. The number of nitrogens with two attached hydrogens (primary N) is 1. The van der Waals surface area contributed by atoms with Gasteiger partial charge in [0.1, 0.15) is 17.4 Å². The minimum absolute atomic E-state index is 0.190. The van der Waals surface area contributed by atoms with E-state index in [2.05, 4.69) is 123 Å². The summed E-state index contributed by atoms with van der Waals surface area (Å²) in [5, 5.41) is 5.23. The number of nitrogens with one attached hydrogen (secondary N) is 2. The number of allylic oxidation sites excluding steroid dienone is 1. The average Bonchev–Trinajstić information content (AvgIpc) is 3.18. The average molecular weight is 1390 g/mol. The van der Waals surface area contributed by atoms with Crippen molar-refractivity contribution in [3.63, 3.8) is 0 Å². The summed E-state index contributed by atoms with van der Waals surface area (Å²) in [4.78, 5) is 38.7. The second kappa shape index (κ2) is 41.7. The van der Waals surface area contributed by atoms with Crippen LogP contribution in [-0.4, -0.2) is 43.8 Å². The van der Waals surface area contributed by atoms with Gasteiger partial charge in [-0.25, -0.2) is 8.78 Å². The molecule has 0 aliphatic rings. The van der Waals surface area contributed by atoms with Crippen LogP contribution in [0, 0.1) is 11.6 Å². The van der Waals surface area contributed by atoms with E-state index in [1.165, 1.54) is 89.3 Å². The van der Waals surface area contributed by atoms with Crippen molar-refractivity contribution in [3.05, 3.63) is 59.8 Å². The van der Waals surface area contributed by atoms with Gasteiger partial charge in [-0.05, 0) is 75.9 Å². The second-order valence-electron chi connectivity index (χ2n) is 14.4. The van der Waals surface area contributed by atoms with E-state index < -0.39 is 5.91 Å². The Morgan fingerprint density at radius 2 is 0.966 bits per heavy atom. The van der Waals surface area contributed by atoms with Crippen molar-refractivity contribution in [2.24, 2.45) is 5.73 Å². The number of ketones is 1. The Labute approximate surface area is 409 Å². The summed E-state index contributed by atoms with van der Waals surface area (Å²) in [5.74, 6) is -1.60. The molecule has 2 rings (SSSR count). The van der Waals surface area contributed by atoms with Gasteiger partial charge in [0.25, 0.3) is 0 Å². The molecule has 0 bridgehead atoms. The van der Waals surface area contributed by atoms with Crippen LogP contribution in [0.4, 0.5) is 31.5 Å². The van der Waals surface area contributed by atoms with E-state index in [1.54, 1.807) is 31.2 Å². The number of halogens is 7. The van der Waals surface area contributed by atoms with Crippen LogP contribution in [-0.2, 0) is 14.4 Å². The van der Waals surface area contributed by atoms with Crippen molar-refractivity contribution < 1.29 is 36.4 Å². The molecule has 2 amide bonds. The summed E-state index contributed by atoms with van der Waals surface area (Å²) in [5.41, 5.74) is 7.94. The van der Waals surface area contributed by atoms with E-state index in [0.717, 1.165) is 64.7 Å². The predicted molar refractivity (Wildman–Crippen MR) is 280 cm³/mol. The molecular weight excluding hydrogens is 1320 g/mol. The van der Waals surface area contributed by atoms with Crippen LogP contribution >= 0.6 is 74.5 Å². The van der Waals surface area contributed by atoms with E-state index in [0.29, 0.717) is 41.7 Å². The molecule has 15 heteroatoms. The van der Waals surface area contributed by atoms with E-state index in [1.807, 2.05) is 0 Å². The molecule has 0 aliphatic heterocycles. The molecule has 8 nitrogen and oxygen atoms in total. The fourth-order valence-corrected chi connectivity index (χ4v) is 6.12. The van der Waals surface area contributed by atoms with Gasteiger partial charge in [-0.15, -0.1) is 0 Å². The quantitative estimate of drug-likeness (QED) is 0.0356. The van der Waals surface area contributed by atoms with E-state index in [4.69, 9.17) is 5.73 Å². The standard InChI is InChI=1S/C22H36FN3O.C22H35FN2O2.I3.I2/c1-4-6-8-10-14-26(15-11-9-7-5-2)21-13-12-19(17-20(21)23)25-22(27)16-18(3)24;1-4-6-8-10-14-25(15-11-9-7-5-2)21-13-12-19(17-20(21)23)24-22(27)16-18(3)26;1-3-2;1-2/h12-13,16-17H,4-11,14-15,24H2,1-3H3,(H,25,27);12-13,17H,4-11,14-16H2,1-3H3,(H,24,27);;/q;;-1;/b18-16-;;;. The zero-order chi connectivity index (χ0) is 44.8. The first-order valence-electron chi connectivity index (χ1n) is 21.0. The molecule has 0 atom stereocenters. The number of rotatable bonds is 27. The first-order valence-corrected chi connectivity index (χ1v) is 39.9. The van der Waals surface area contributed by atoms with Crippen LogP contribution in [0.25, 0.3) is 0 Å². The van der Waals surface area contributed by atoms with E-state index in [-0.39, 0.29) is 29.7 Å². The summed E-state index contributed by atoms with van der Waals surface area (Å²) in [6, 6.07) is 9.70. The number of Topliss-reactive ketones (excluding diaryl/α,β-unsaturated/α-hetero) is 1. The summed E-state index contributed by atoms with van der Waals surface area (Å²) in [6.45, 7) is 15.2. The van der Waals surface area contributed by atoms with E-state index >= 15 is 0 Å². The number of amides is 2. The molecule has 0 radical (unpaired) electrons. The first-order chi connectivity index (χ1) is 28.4. The predicted octanol–water partition coefficient (Wildman–Crippen LogP) is 11.9. The Bertz CT molecular complexity index is 1410. The summed E-state index contributed by atoms with van der Waals surface area (Å²) in [6.07, 6.45) is 19.6. The molecule has 59 heavy (non-hydrogen) atoms. The fourth-order valence-electron chi connectivity index (χ4n) is 6.12. The third kappa shape index (κ3) is 33.0. The summed E-state index contributed by atoms with van der Waals surface area (Å²) in [7, 11) is 0. The molecule has 340 valence electrons. The van der Waals surface area contributed by atoms with Gasteiger partial charge in [-0.2, -0.15) is 0 Å². The Morgan fingerprint density at radius 3 is 1.25 bits per heavy atom. The van der Waals surface area contributed by atoms with Crippen LogP contribution in [0.2, 0.25) is 0 Å². The number of hydrogen-bond acceptors (Lipinski definition) is 6. The number of unbranched alkanes of at least 4 members (excludes halogenated alkanes) is 12. The van der Waals surface area contributed by atoms with E-state index in [9.17, 15) is 23.2 Å². The number of carbonyl (C=O) groups excluding carboxylic acids is 3. The van der Waals surface area contributed by atoms with Crippen LogP contribution in [0.15, 0.2) is 48.2 Å². The molecule has 0 spiro atoms. The monoisotopic (exact) mass is 1390 g/mol. The molecule has 0 unspecified atom stereocenters. The van der Waals surface area contributed by atoms with Crippen LogP contribution in [0.3, 0.4) is 0 Å². The maximum absolute atomic E-state index is 14.7. The second-order valence-corrected chi connectivity index (χ2v) is 30.7. The molecule has 0 aromatic heterocycles. The van der Waals surface area contributed by atoms with Gasteiger partial charge in [-0.3, -0.25) is 14.4 Å². The van der Waals surface area contributed by atoms with Crippen molar-refractivity contribution in [1.29, 1.82) is 0 Å². The van der Waals surface area contributed by atoms with Crippen molar-refractivity contribution in [1.82, 2.24) is 0 Å². The van der Waals surface area contributed by atoms with Crippen molar-refractivity contribution in [3.8, 4) is 0 Å². The number of carbonyl (C=O) groups is 3. The number of nitrogens with zero attached hydrogens (tertiary/aromatic N) is 2. The molecular formula is C44H71F2I5N5O3-. The summed E-state index contributed by atoms with van der Waals surface area (Å²) >= 11 is 9.54. The molecule has 4 N–H and O–H groups in total. The van der Waals surface area contributed by atoms with Crippen LogP contribution in [0.5, 0.6) is 0 Å². The van der Waals surface area contributed by atoms with Crippen molar-refractivity contribution in [2.45, 2.75) is 151 Å². The van der Waals surface area contributed by atoms with Crippen molar-refractivity contribution in [2.75, 3.05) is 46.6 Å². The summed E-state index contributed by atoms with van der Waals surface area (Å²) < 4.78 is 29.4. The minimum atomic E-state index is -0.411. The Morgan fingerprint density at radius 1 is 0.627 bits per heavy atom. The van der Waals surface area contributed by atoms with Gasteiger partial charge in [0.2, 0.25) is 11.8 Å². The SMILES string of the molecule is CCCCCCN(CCCCCC)c1ccc(NC(=O)/C=C(/C)N)cc1F.CCCCCCN(CCCCCC)c1ccc(NC(=O)CC(C)=O)cc1F.II.I[I-]I.